The van der Waals surface area contributed by atoms with E-state index in [1.807, 2.05) is 6.07 Å². The van der Waals surface area contributed by atoms with Gasteiger partial charge in [0.05, 0.1) is 12.5 Å². The van der Waals surface area contributed by atoms with Crippen LogP contribution >= 0.6 is 0 Å². The Kier molecular flexibility index (Phi) is 7.82. The first-order valence-corrected chi connectivity index (χ1v) is 6.92. The Balaban J connectivity index is 3.86. The van der Waals surface area contributed by atoms with Gasteiger partial charge in [0.15, 0.2) is 0 Å². The third kappa shape index (κ3) is 7.41. The molecule has 0 heterocycles. The summed E-state index contributed by atoms with van der Waals surface area (Å²) in [7, 11) is 0.567. The van der Waals surface area contributed by atoms with Crippen molar-refractivity contribution in [2.45, 2.75) is 26.7 Å². The fraction of sp³-hybridized carbons (Fsp3) is 0.818. The monoisotopic (exact) mass is 244 g/mol. The van der Waals surface area contributed by atoms with Gasteiger partial charge in [-0.05, 0) is 12.3 Å². The molecule has 0 spiro atoms. The number of carbonyl (C=O) groups excluding carboxylic acids is 1. The van der Waals surface area contributed by atoms with Crippen LogP contribution in [-0.2, 0) is 15.6 Å². The second kappa shape index (κ2) is 8.28. The molecule has 92 valence electrons. The number of hydrogen-bond donors (Lipinski definition) is 0. The van der Waals surface area contributed by atoms with Crippen molar-refractivity contribution in [3.63, 3.8) is 0 Å². The number of nitriles is 1. The lowest BCUT2D eigenvalue weighted by molar-refractivity contribution is -0.127. The van der Waals surface area contributed by atoms with Gasteiger partial charge in [-0.2, -0.15) is 5.26 Å². The highest BCUT2D eigenvalue weighted by Crippen LogP contribution is 2.01. The Morgan fingerprint density at radius 3 is 2.62 bits per heavy atom. The fourth-order valence-corrected chi connectivity index (χ4v) is 2.40. The zero-order chi connectivity index (χ0) is 12.6. The third-order valence-corrected chi connectivity index (χ3v) is 3.45. The van der Waals surface area contributed by atoms with Crippen LogP contribution in [0.25, 0.3) is 0 Å². The summed E-state index contributed by atoms with van der Waals surface area (Å²) >= 11 is 0. The molecule has 0 aromatic carbocycles. The molecule has 0 saturated carbocycles. The molecule has 0 fully saturated rings. The summed E-state index contributed by atoms with van der Waals surface area (Å²) in [6.45, 7) is 4.55. The largest absolute Gasteiger partial charge is 0.344 e. The van der Waals surface area contributed by atoms with Crippen molar-refractivity contribution < 1.29 is 9.00 Å². The Labute approximate surface area is 100 Å². The molecule has 0 N–H and O–H groups in total. The van der Waals surface area contributed by atoms with Crippen LogP contribution in [0.4, 0.5) is 0 Å². The summed E-state index contributed by atoms with van der Waals surface area (Å²) in [5.74, 6) is 1.03. The van der Waals surface area contributed by atoms with Crippen molar-refractivity contribution >= 4 is 16.7 Å². The van der Waals surface area contributed by atoms with E-state index < -0.39 is 10.8 Å². The minimum atomic E-state index is -1.07. The van der Waals surface area contributed by atoms with Gasteiger partial charge in [-0.3, -0.25) is 9.00 Å². The SMILES string of the molecule is CC(C)CCS(=O)CC(=O)N(C)CCC#N. The fourth-order valence-electron chi connectivity index (χ4n) is 1.03. The second-order valence-electron chi connectivity index (χ2n) is 4.19. The molecule has 0 aliphatic carbocycles. The standard InChI is InChI=1S/C11H20N2O2S/c1-10(2)5-8-16(15)9-11(14)13(3)7-4-6-12/h10H,4-5,7-9H2,1-3H3. The maximum Gasteiger partial charge on any atom is 0.234 e. The zero-order valence-electron chi connectivity index (χ0n) is 10.2. The van der Waals surface area contributed by atoms with Gasteiger partial charge in [-0.15, -0.1) is 0 Å². The van der Waals surface area contributed by atoms with Gasteiger partial charge >= 0.3 is 0 Å². The van der Waals surface area contributed by atoms with E-state index in [9.17, 15) is 9.00 Å². The van der Waals surface area contributed by atoms with E-state index in [1.165, 1.54) is 4.90 Å². The molecule has 0 saturated heterocycles. The molecule has 4 nitrogen and oxygen atoms in total. The number of amides is 1. The average molecular weight is 244 g/mol. The van der Waals surface area contributed by atoms with Crippen LogP contribution in [0.15, 0.2) is 0 Å². The summed E-state index contributed by atoms with van der Waals surface area (Å²) in [6, 6.07) is 1.98. The van der Waals surface area contributed by atoms with E-state index in [0.717, 1.165) is 6.42 Å². The van der Waals surface area contributed by atoms with Crippen LogP contribution in [0.5, 0.6) is 0 Å². The molecule has 5 heteroatoms. The molecule has 0 aromatic rings. The van der Waals surface area contributed by atoms with Gasteiger partial charge in [0.2, 0.25) is 5.91 Å². The summed E-state index contributed by atoms with van der Waals surface area (Å²) in [4.78, 5) is 13.0. The molecule has 0 bridgehead atoms. The van der Waals surface area contributed by atoms with Crippen LogP contribution < -0.4 is 0 Å². The van der Waals surface area contributed by atoms with Crippen LogP contribution in [0.3, 0.4) is 0 Å². The Morgan fingerprint density at radius 1 is 1.50 bits per heavy atom. The minimum absolute atomic E-state index is 0.0780. The molecule has 0 aromatic heterocycles. The van der Waals surface area contributed by atoms with Crippen molar-refractivity contribution in [2.24, 2.45) is 5.92 Å². The Bertz CT molecular complexity index is 284. The molecule has 0 aliphatic rings. The first-order valence-electron chi connectivity index (χ1n) is 5.43. The quantitative estimate of drug-likeness (QED) is 0.675. The number of carbonyl (C=O) groups is 1. The molecule has 0 rings (SSSR count). The minimum Gasteiger partial charge on any atom is -0.344 e. The molecule has 1 unspecified atom stereocenters. The molecular formula is C11H20N2O2S. The highest BCUT2D eigenvalue weighted by molar-refractivity contribution is 7.85. The van der Waals surface area contributed by atoms with Gasteiger partial charge in [0.1, 0.15) is 5.75 Å². The van der Waals surface area contributed by atoms with Crippen LogP contribution in [-0.4, -0.2) is 40.1 Å². The predicted octanol–water partition coefficient (Wildman–Crippen LogP) is 1.15. The maximum atomic E-state index is 11.5. The van der Waals surface area contributed by atoms with Gasteiger partial charge in [-0.1, -0.05) is 13.8 Å². The summed E-state index contributed by atoms with van der Waals surface area (Å²) in [5.41, 5.74) is 0. The molecule has 1 atom stereocenters. The lowest BCUT2D eigenvalue weighted by Gasteiger charge is -2.15. The number of rotatable bonds is 7. The smallest absolute Gasteiger partial charge is 0.234 e. The van der Waals surface area contributed by atoms with Crippen LogP contribution in [0.1, 0.15) is 26.7 Å². The van der Waals surface area contributed by atoms with Crippen molar-refractivity contribution in [1.82, 2.24) is 4.90 Å². The van der Waals surface area contributed by atoms with Crippen LogP contribution in [0.2, 0.25) is 0 Å². The third-order valence-electron chi connectivity index (χ3n) is 2.19. The van der Waals surface area contributed by atoms with Gasteiger partial charge in [0.25, 0.3) is 0 Å². The first kappa shape index (κ1) is 15.1. The summed E-state index contributed by atoms with van der Waals surface area (Å²) in [5, 5.41) is 8.38. The van der Waals surface area contributed by atoms with Crippen molar-refractivity contribution in [3.05, 3.63) is 0 Å². The normalized spacial score (nSPS) is 12.2. The topological polar surface area (TPSA) is 61.2 Å². The van der Waals surface area contributed by atoms with E-state index >= 15 is 0 Å². The van der Waals surface area contributed by atoms with E-state index in [4.69, 9.17) is 5.26 Å². The molecule has 0 aliphatic heterocycles. The van der Waals surface area contributed by atoms with Crippen molar-refractivity contribution in [3.8, 4) is 6.07 Å². The van der Waals surface area contributed by atoms with E-state index in [0.29, 0.717) is 24.6 Å². The molecule has 0 radical (unpaired) electrons. The van der Waals surface area contributed by atoms with Crippen molar-refractivity contribution in [1.29, 1.82) is 5.26 Å². The maximum absolute atomic E-state index is 11.5. The van der Waals surface area contributed by atoms with E-state index in [1.54, 1.807) is 7.05 Å². The van der Waals surface area contributed by atoms with Gasteiger partial charge in [0, 0.05) is 30.1 Å². The highest BCUT2D eigenvalue weighted by Gasteiger charge is 2.12. The second-order valence-corrected chi connectivity index (χ2v) is 5.77. The Hall–Kier alpha value is -0.890. The molecule has 1 amide bonds. The summed E-state index contributed by atoms with van der Waals surface area (Å²) < 4.78 is 11.5. The lowest BCUT2D eigenvalue weighted by Crippen LogP contribution is -2.32. The molecule has 16 heavy (non-hydrogen) atoms. The average Bonchev–Trinajstić information content (AvgIpc) is 2.22. The lowest BCUT2D eigenvalue weighted by atomic mass is 10.2. The van der Waals surface area contributed by atoms with E-state index in [-0.39, 0.29) is 11.7 Å². The first-order chi connectivity index (χ1) is 7.47. The highest BCUT2D eigenvalue weighted by atomic mass is 32.2. The molecular weight excluding hydrogens is 224 g/mol. The number of nitrogens with zero attached hydrogens (tertiary/aromatic N) is 2. The Morgan fingerprint density at radius 2 is 2.12 bits per heavy atom. The van der Waals surface area contributed by atoms with Gasteiger partial charge < -0.3 is 4.90 Å². The predicted molar refractivity (Wildman–Crippen MR) is 65.2 cm³/mol. The number of hydrogen-bond acceptors (Lipinski definition) is 3. The van der Waals surface area contributed by atoms with Gasteiger partial charge in [-0.25, -0.2) is 0 Å². The summed E-state index contributed by atoms with van der Waals surface area (Å²) in [6.07, 6.45) is 1.20. The van der Waals surface area contributed by atoms with Crippen molar-refractivity contribution in [2.75, 3.05) is 25.1 Å². The van der Waals surface area contributed by atoms with E-state index in [2.05, 4.69) is 13.8 Å². The van der Waals surface area contributed by atoms with Crippen LogP contribution in [0, 0.1) is 17.2 Å². The zero-order valence-corrected chi connectivity index (χ0v) is 11.0.